The van der Waals surface area contributed by atoms with E-state index in [-0.39, 0.29) is 35.3 Å². The Morgan fingerprint density at radius 2 is 1.82 bits per heavy atom. The summed E-state index contributed by atoms with van der Waals surface area (Å²) in [5, 5.41) is 17.3. The molecule has 0 aliphatic heterocycles. The van der Waals surface area contributed by atoms with Crippen LogP contribution in [0.2, 0.25) is 0 Å². The van der Waals surface area contributed by atoms with Crippen LogP contribution in [0.25, 0.3) is 5.65 Å². The van der Waals surface area contributed by atoms with Gasteiger partial charge in [0.25, 0.3) is 5.91 Å². The highest BCUT2D eigenvalue weighted by Gasteiger charge is 2.30. The van der Waals surface area contributed by atoms with Gasteiger partial charge in [-0.25, -0.2) is 14.8 Å². The van der Waals surface area contributed by atoms with Gasteiger partial charge in [0, 0.05) is 45.3 Å². The van der Waals surface area contributed by atoms with E-state index in [4.69, 9.17) is 14.2 Å². The highest BCUT2D eigenvalue weighted by atomic mass is 16.5. The number of anilines is 1. The summed E-state index contributed by atoms with van der Waals surface area (Å²) in [7, 11) is 5.25. The Hall–Kier alpha value is -4.66. The Morgan fingerprint density at radius 1 is 1.04 bits per heavy atom. The average molecular weight is 674 g/mol. The lowest BCUT2D eigenvalue weighted by Crippen LogP contribution is -2.37. The number of hydrogen-bond acceptors (Lipinski definition) is 10. The van der Waals surface area contributed by atoms with E-state index in [2.05, 4.69) is 41.0 Å². The minimum atomic E-state index is -0.429. The van der Waals surface area contributed by atoms with Crippen molar-refractivity contribution in [3.8, 4) is 5.75 Å². The Bertz CT molecular complexity index is 1760. The molecule has 0 saturated heterocycles. The molecule has 3 amide bonds. The summed E-state index contributed by atoms with van der Waals surface area (Å²) in [6.45, 7) is 10.3. The van der Waals surface area contributed by atoms with Gasteiger partial charge in [0.2, 0.25) is 5.82 Å². The fourth-order valence-corrected chi connectivity index (χ4v) is 5.63. The monoisotopic (exact) mass is 673 g/mol. The van der Waals surface area contributed by atoms with Gasteiger partial charge in [0.15, 0.2) is 11.5 Å². The van der Waals surface area contributed by atoms with Crippen LogP contribution in [0.15, 0.2) is 48.7 Å². The minimum absolute atomic E-state index is 0.00117. The number of amides is 3. The second-order valence-electron chi connectivity index (χ2n) is 13.3. The van der Waals surface area contributed by atoms with Gasteiger partial charge in [-0.15, -0.1) is 10.2 Å². The largest absolute Gasteiger partial charge is 0.484 e. The van der Waals surface area contributed by atoms with E-state index in [1.54, 1.807) is 20.3 Å². The van der Waals surface area contributed by atoms with E-state index >= 15 is 0 Å². The zero-order chi connectivity index (χ0) is 35.1. The van der Waals surface area contributed by atoms with Gasteiger partial charge in [-0.05, 0) is 50.1 Å². The molecule has 3 atom stereocenters. The number of aromatic nitrogens is 5. The molecule has 1 aliphatic rings. The van der Waals surface area contributed by atoms with Gasteiger partial charge in [-0.2, -0.15) is 0 Å². The molecule has 3 N–H and O–H groups in total. The summed E-state index contributed by atoms with van der Waals surface area (Å²) < 4.78 is 19.0. The number of pyridine rings is 1. The molecular weight excluding hydrogens is 626 g/mol. The van der Waals surface area contributed by atoms with Crippen molar-refractivity contribution in [3.63, 3.8) is 0 Å². The van der Waals surface area contributed by atoms with Gasteiger partial charge in [0.05, 0.1) is 24.5 Å². The lowest BCUT2D eigenvalue weighted by molar-refractivity contribution is 0.0936. The Balaban J connectivity index is 1.27. The van der Waals surface area contributed by atoms with E-state index in [1.165, 1.54) is 0 Å². The lowest BCUT2D eigenvalue weighted by atomic mass is 9.85. The zero-order valence-corrected chi connectivity index (χ0v) is 29.3. The molecule has 1 aromatic carbocycles. The average Bonchev–Trinajstić information content (AvgIpc) is 3.51. The van der Waals surface area contributed by atoms with Gasteiger partial charge in [-0.1, -0.05) is 45.0 Å². The molecule has 1 unspecified atom stereocenters. The Kier molecular flexibility index (Phi) is 11.4. The van der Waals surface area contributed by atoms with Crippen molar-refractivity contribution in [2.75, 3.05) is 52.8 Å². The van der Waals surface area contributed by atoms with Crippen LogP contribution in [0.5, 0.6) is 5.75 Å². The summed E-state index contributed by atoms with van der Waals surface area (Å²) in [6.07, 6.45) is 2.76. The summed E-state index contributed by atoms with van der Waals surface area (Å²) in [6, 6.07) is 12.7. The van der Waals surface area contributed by atoms with Crippen LogP contribution in [0, 0.1) is 0 Å². The zero-order valence-electron chi connectivity index (χ0n) is 29.3. The number of carbonyl (C=O) groups is 2. The van der Waals surface area contributed by atoms with Crippen molar-refractivity contribution in [3.05, 3.63) is 77.1 Å². The highest BCUT2D eigenvalue weighted by Crippen LogP contribution is 2.39. The number of fused-ring (bicyclic) bond motifs is 2. The van der Waals surface area contributed by atoms with E-state index in [0.29, 0.717) is 55.5 Å². The first-order valence-electron chi connectivity index (χ1n) is 16.5. The predicted molar refractivity (Wildman–Crippen MR) is 185 cm³/mol. The van der Waals surface area contributed by atoms with Crippen molar-refractivity contribution in [2.24, 2.45) is 0 Å². The van der Waals surface area contributed by atoms with E-state index in [0.717, 1.165) is 17.7 Å². The van der Waals surface area contributed by atoms with Crippen LogP contribution >= 0.6 is 0 Å². The number of likely N-dealkylation sites (N-methyl/N-ethyl adjacent to an activating group) is 1. The van der Waals surface area contributed by atoms with Crippen LogP contribution < -0.4 is 20.7 Å². The van der Waals surface area contributed by atoms with E-state index < -0.39 is 11.9 Å². The molecule has 0 fully saturated rings. The maximum Gasteiger partial charge on any atom is 0.320 e. The smallest absolute Gasteiger partial charge is 0.320 e. The molecule has 0 spiro atoms. The number of rotatable bonds is 13. The normalized spacial score (nSPS) is 16.7. The second-order valence-corrected chi connectivity index (χ2v) is 13.3. The van der Waals surface area contributed by atoms with Crippen LogP contribution in [-0.4, -0.2) is 88.9 Å². The fraction of sp³-hybridized carbons (Fsp3) is 0.486. The van der Waals surface area contributed by atoms with Crippen LogP contribution in [-0.2, 0) is 14.9 Å². The molecule has 14 nitrogen and oxygen atoms in total. The maximum absolute atomic E-state index is 13.4. The minimum Gasteiger partial charge on any atom is -0.484 e. The lowest BCUT2D eigenvalue weighted by Gasteiger charge is -2.32. The number of nitrogens with one attached hydrogen (secondary N) is 3. The van der Waals surface area contributed by atoms with Crippen LogP contribution in [0.1, 0.15) is 92.1 Å². The van der Waals surface area contributed by atoms with Crippen molar-refractivity contribution < 1.29 is 23.8 Å². The molecule has 4 aromatic rings. The third-order valence-electron chi connectivity index (χ3n) is 8.53. The number of nitrogens with zero attached hydrogens (tertiary/aromatic N) is 6. The molecular formula is C35H47N9O5. The summed E-state index contributed by atoms with van der Waals surface area (Å²) in [5.41, 5.74) is 2.93. The first-order chi connectivity index (χ1) is 23.5. The molecule has 0 radical (unpaired) electrons. The van der Waals surface area contributed by atoms with Crippen molar-refractivity contribution in [1.82, 2.24) is 40.1 Å². The molecule has 3 aromatic heterocycles. The van der Waals surface area contributed by atoms with Gasteiger partial charge in [0.1, 0.15) is 23.8 Å². The number of hydrogen-bond donors (Lipinski definition) is 3. The first kappa shape index (κ1) is 35.6. The quantitative estimate of drug-likeness (QED) is 0.183. The maximum atomic E-state index is 13.4. The Morgan fingerprint density at radius 3 is 2.55 bits per heavy atom. The van der Waals surface area contributed by atoms with Crippen molar-refractivity contribution in [1.29, 1.82) is 0 Å². The van der Waals surface area contributed by atoms with Crippen LogP contribution in [0.4, 0.5) is 10.6 Å². The first-order valence-corrected chi connectivity index (χ1v) is 16.5. The van der Waals surface area contributed by atoms with Gasteiger partial charge >= 0.3 is 6.03 Å². The molecule has 5 rings (SSSR count). The third kappa shape index (κ3) is 8.88. The summed E-state index contributed by atoms with van der Waals surface area (Å²) in [4.78, 5) is 37.4. The Labute approximate surface area is 287 Å². The SMILES string of the molecule is COCCN(C)CCNC(=O)c1nc(NC(=O)N[C@H]2CC[C@@H](Oc3ccc4nnc(C(C)OC)n4c3)c3ccccc32)cc(C(C)(C)C)n1. The predicted octanol–water partition coefficient (Wildman–Crippen LogP) is 4.61. The van der Waals surface area contributed by atoms with Crippen LogP contribution in [0.3, 0.4) is 0 Å². The third-order valence-corrected chi connectivity index (χ3v) is 8.53. The molecule has 3 heterocycles. The fourth-order valence-electron chi connectivity index (χ4n) is 5.63. The molecule has 1 aliphatic carbocycles. The molecule has 262 valence electrons. The van der Waals surface area contributed by atoms with Gasteiger partial charge < -0.3 is 29.7 Å². The standard InChI is InChI=1S/C35H47N9O5/c1-22(48-7)32-42-41-30-15-12-23(21-44(30)32)49-27-14-13-26(24-10-8-9-11-25(24)27)37-34(46)40-29-20-28(35(2,3)4)38-31(39-29)33(45)36-16-17-43(5)18-19-47-6/h8-12,15,20-22,26-27H,13-14,16-19H2,1-7H3,(H,36,45)(H2,37,38,39,40,46)/t22?,26-,27+/m0/s1. The number of ether oxygens (including phenoxy) is 3. The number of benzene rings is 1. The number of methoxy groups -OCH3 is 2. The summed E-state index contributed by atoms with van der Waals surface area (Å²) in [5.74, 6) is 1.21. The molecule has 14 heteroatoms. The molecule has 0 bridgehead atoms. The summed E-state index contributed by atoms with van der Waals surface area (Å²) >= 11 is 0. The highest BCUT2D eigenvalue weighted by molar-refractivity contribution is 5.92. The second kappa shape index (κ2) is 15.7. The van der Waals surface area contributed by atoms with Crippen molar-refractivity contribution in [2.45, 2.75) is 64.2 Å². The van der Waals surface area contributed by atoms with Crippen molar-refractivity contribution >= 4 is 23.4 Å². The number of urea groups is 1. The number of carbonyl (C=O) groups excluding carboxylic acids is 2. The van der Waals surface area contributed by atoms with E-state index in [9.17, 15) is 9.59 Å². The molecule has 49 heavy (non-hydrogen) atoms. The molecule has 0 saturated carbocycles. The topological polar surface area (TPSA) is 157 Å². The van der Waals surface area contributed by atoms with Gasteiger partial charge in [-0.3, -0.25) is 14.5 Å². The van der Waals surface area contributed by atoms with E-state index in [1.807, 2.05) is 81.7 Å².